The molecule has 0 N–H and O–H groups in total. The van der Waals surface area contributed by atoms with E-state index < -0.39 is 33.0 Å². The summed E-state index contributed by atoms with van der Waals surface area (Å²) in [4.78, 5) is 11.7. The Hall–Kier alpha value is -0.470. The Morgan fingerprint density at radius 1 is 1.16 bits per heavy atom. The van der Waals surface area contributed by atoms with Crippen LogP contribution in [0.5, 0.6) is 0 Å². The molecular formula is C18H28O6S. The average molecular weight is 372 g/mol. The number of hydrogen-bond acceptors (Lipinski definition) is 6. The highest BCUT2D eigenvalue weighted by Crippen LogP contribution is 2.60. The van der Waals surface area contributed by atoms with Crippen LogP contribution >= 0.6 is 0 Å². The summed E-state index contributed by atoms with van der Waals surface area (Å²) in [6.45, 7) is 9.60. The van der Waals surface area contributed by atoms with Crippen LogP contribution in [0.15, 0.2) is 12.7 Å². The predicted molar refractivity (Wildman–Crippen MR) is 90.8 cm³/mol. The van der Waals surface area contributed by atoms with Crippen LogP contribution in [0.4, 0.5) is 0 Å². The molecule has 0 radical (unpaired) electrons. The third-order valence-electron chi connectivity index (χ3n) is 6.80. The summed E-state index contributed by atoms with van der Waals surface area (Å²) in [5, 5.41) is 0. The highest BCUT2D eigenvalue weighted by molar-refractivity contribution is 7.92. The van der Waals surface area contributed by atoms with Gasteiger partial charge in [0.25, 0.3) is 0 Å². The van der Waals surface area contributed by atoms with Crippen LogP contribution in [0.2, 0.25) is 0 Å². The molecule has 0 aromatic rings. The maximum Gasteiger partial charge on any atom is 0.201 e. The van der Waals surface area contributed by atoms with Crippen molar-refractivity contribution in [1.29, 1.82) is 0 Å². The van der Waals surface area contributed by atoms with Crippen molar-refractivity contribution in [2.75, 3.05) is 5.75 Å². The van der Waals surface area contributed by atoms with Crippen molar-refractivity contribution in [2.45, 2.75) is 69.6 Å². The maximum absolute atomic E-state index is 12.7. The number of sulfone groups is 1. The van der Waals surface area contributed by atoms with E-state index in [4.69, 9.17) is 19.2 Å². The lowest BCUT2D eigenvalue weighted by Gasteiger charge is -2.60. The van der Waals surface area contributed by atoms with Gasteiger partial charge in [0, 0.05) is 18.3 Å². The van der Waals surface area contributed by atoms with Gasteiger partial charge in [0.1, 0.15) is 0 Å². The van der Waals surface area contributed by atoms with E-state index >= 15 is 0 Å². The molecule has 142 valence electrons. The van der Waals surface area contributed by atoms with E-state index in [1.165, 1.54) is 6.08 Å². The van der Waals surface area contributed by atoms with Gasteiger partial charge in [-0.05, 0) is 38.0 Å². The van der Waals surface area contributed by atoms with E-state index in [0.29, 0.717) is 5.92 Å². The molecule has 5 rings (SSSR count). The molecule has 0 aromatic carbocycles. The van der Waals surface area contributed by atoms with Crippen molar-refractivity contribution >= 4 is 9.84 Å². The molecule has 5 fully saturated rings. The molecule has 0 aromatic heterocycles. The number of ether oxygens (including phenoxy) is 2. The first kappa shape index (κ1) is 17.9. The van der Waals surface area contributed by atoms with Gasteiger partial charge < -0.3 is 9.47 Å². The summed E-state index contributed by atoms with van der Waals surface area (Å²) in [6.07, 6.45) is 4.31. The van der Waals surface area contributed by atoms with Gasteiger partial charge in [-0.3, -0.25) is 0 Å². The molecule has 4 heterocycles. The summed E-state index contributed by atoms with van der Waals surface area (Å²) in [5.74, 6) is -0.437. The van der Waals surface area contributed by atoms with Crippen molar-refractivity contribution in [1.82, 2.24) is 0 Å². The van der Waals surface area contributed by atoms with Crippen LogP contribution in [0.1, 0.15) is 46.5 Å². The second-order valence-corrected chi connectivity index (χ2v) is 10.5. The third kappa shape index (κ3) is 2.46. The fraction of sp³-hybridized carbons (Fsp3) is 0.889. The van der Waals surface area contributed by atoms with Gasteiger partial charge >= 0.3 is 0 Å². The van der Waals surface area contributed by atoms with Gasteiger partial charge in [-0.1, -0.05) is 19.9 Å². The van der Waals surface area contributed by atoms with Crippen LogP contribution in [0, 0.1) is 23.7 Å². The van der Waals surface area contributed by atoms with Gasteiger partial charge in [0.05, 0.1) is 5.75 Å². The molecule has 4 aliphatic heterocycles. The molecule has 7 heteroatoms. The van der Waals surface area contributed by atoms with Crippen molar-refractivity contribution in [3.8, 4) is 0 Å². The Kier molecular flexibility index (Phi) is 4.13. The Bertz CT molecular complexity index is 662. The van der Waals surface area contributed by atoms with Crippen LogP contribution in [-0.2, 0) is 29.1 Å². The SMILES string of the molecule is C=CCS(=O)(=O)[C@H]1O[C@@H]2O[C@@]3(C)CC[C@H]4[C@H](C)CC[C@@H]([C@H]1C)[C@@]24OO3. The smallest absolute Gasteiger partial charge is 0.201 e. The first-order valence-corrected chi connectivity index (χ1v) is 11.0. The Balaban J connectivity index is 1.78. The first-order valence-electron chi connectivity index (χ1n) is 9.26. The van der Waals surface area contributed by atoms with Crippen molar-refractivity contribution < 1.29 is 27.7 Å². The largest absolute Gasteiger partial charge is 0.330 e. The van der Waals surface area contributed by atoms with E-state index in [1.807, 2.05) is 13.8 Å². The Labute approximate surface area is 149 Å². The van der Waals surface area contributed by atoms with E-state index in [0.717, 1.165) is 25.7 Å². The van der Waals surface area contributed by atoms with Gasteiger partial charge in [0.15, 0.2) is 27.2 Å². The number of fused-ring (bicyclic) bond motifs is 2. The summed E-state index contributed by atoms with van der Waals surface area (Å²) >= 11 is 0. The fourth-order valence-corrected chi connectivity index (χ4v) is 7.17. The van der Waals surface area contributed by atoms with E-state index in [-0.39, 0.29) is 23.5 Å². The van der Waals surface area contributed by atoms with E-state index in [2.05, 4.69) is 13.5 Å². The Morgan fingerprint density at radius 3 is 2.64 bits per heavy atom. The Morgan fingerprint density at radius 2 is 1.92 bits per heavy atom. The molecule has 0 amide bonds. The second-order valence-electron chi connectivity index (χ2n) is 8.39. The molecule has 25 heavy (non-hydrogen) atoms. The summed E-state index contributed by atoms with van der Waals surface area (Å²) in [5.41, 5.74) is -1.61. The first-order chi connectivity index (χ1) is 11.7. The zero-order chi connectivity index (χ0) is 18.0. The lowest BCUT2D eigenvalue weighted by atomic mass is 9.58. The predicted octanol–water partition coefficient (Wildman–Crippen LogP) is 2.80. The lowest BCUT2D eigenvalue weighted by molar-refractivity contribution is -0.568. The van der Waals surface area contributed by atoms with E-state index in [9.17, 15) is 8.42 Å². The third-order valence-corrected chi connectivity index (χ3v) is 8.75. The molecule has 0 unspecified atom stereocenters. The van der Waals surface area contributed by atoms with Crippen molar-refractivity contribution in [3.63, 3.8) is 0 Å². The average Bonchev–Trinajstić information content (AvgIpc) is 2.77. The summed E-state index contributed by atoms with van der Waals surface area (Å²) in [7, 11) is -3.45. The molecule has 5 aliphatic rings. The highest BCUT2D eigenvalue weighted by Gasteiger charge is 2.70. The topological polar surface area (TPSA) is 71.1 Å². The standard InChI is InChI=1S/C18H28O6S/c1-5-10-25(19,20)15-12(3)14-7-6-11(2)13-8-9-17(4)22-16(21-15)18(13,14)24-23-17/h5,11-16H,1,6-10H2,2-4H3/t11-,12-,13+,14+,15-,16-,17-,18-/m1/s1. The summed E-state index contributed by atoms with van der Waals surface area (Å²) < 4.78 is 37.8. The fourth-order valence-electron chi connectivity index (χ4n) is 5.54. The van der Waals surface area contributed by atoms with Crippen LogP contribution < -0.4 is 0 Å². The second kappa shape index (κ2) is 5.76. The minimum atomic E-state index is -3.45. The molecule has 6 nitrogen and oxygen atoms in total. The molecular weight excluding hydrogens is 344 g/mol. The maximum atomic E-state index is 12.7. The van der Waals surface area contributed by atoms with Gasteiger partial charge in [-0.2, -0.15) is 0 Å². The minimum Gasteiger partial charge on any atom is -0.330 e. The zero-order valence-electron chi connectivity index (χ0n) is 15.1. The molecule has 4 saturated heterocycles. The van der Waals surface area contributed by atoms with Crippen LogP contribution in [0.25, 0.3) is 0 Å². The molecule has 8 atom stereocenters. The van der Waals surface area contributed by atoms with Gasteiger partial charge in [-0.25, -0.2) is 18.2 Å². The molecule has 1 aliphatic carbocycles. The van der Waals surface area contributed by atoms with Crippen LogP contribution in [-0.4, -0.2) is 37.3 Å². The molecule has 1 saturated carbocycles. The van der Waals surface area contributed by atoms with Crippen molar-refractivity contribution in [2.24, 2.45) is 23.7 Å². The lowest BCUT2D eigenvalue weighted by Crippen LogP contribution is -2.71. The number of hydrogen-bond donors (Lipinski definition) is 0. The normalized spacial score (nSPS) is 52.3. The van der Waals surface area contributed by atoms with Gasteiger partial charge in [0.2, 0.25) is 5.79 Å². The van der Waals surface area contributed by atoms with E-state index in [1.54, 1.807) is 0 Å². The van der Waals surface area contributed by atoms with Gasteiger partial charge in [-0.15, -0.1) is 6.58 Å². The van der Waals surface area contributed by atoms with Crippen molar-refractivity contribution in [3.05, 3.63) is 12.7 Å². The molecule has 1 spiro atoms. The highest BCUT2D eigenvalue weighted by atomic mass is 32.2. The summed E-state index contributed by atoms with van der Waals surface area (Å²) in [6, 6.07) is 0. The zero-order valence-corrected chi connectivity index (χ0v) is 16.0. The molecule has 2 bridgehead atoms. The number of rotatable bonds is 3. The van der Waals surface area contributed by atoms with Crippen LogP contribution in [0.3, 0.4) is 0 Å². The quantitative estimate of drug-likeness (QED) is 0.560. The monoisotopic (exact) mass is 372 g/mol. The minimum absolute atomic E-state index is 0.0275.